The van der Waals surface area contributed by atoms with Gasteiger partial charge in [0.25, 0.3) is 0 Å². The first kappa shape index (κ1) is 25.8. The van der Waals surface area contributed by atoms with E-state index in [2.05, 4.69) is 29.2 Å². The molecule has 4 rings (SSSR count). The van der Waals surface area contributed by atoms with Crippen molar-refractivity contribution in [2.24, 2.45) is 5.92 Å². The number of carboxylic acids is 1. The third-order valence-corrected chi connectivity index (χ3v) is 8.73. The molecule has 0 unspecified atom stereocenters. The molecule has 6 nitrogen and oxygen atoms in total. The highest BCUT2D eigenvalue weighted by atomic mass is 32.2. The van der Waals surface area contributed by atoms with Gasteiger partial charge in [0.2, 0.25) is 0 Å². The van der Waals surface area contributed by atoms with Crippen LogP contribution in [0.15, 0.2) is 91.3 Å². The summed E-state index contributed by atoms with van der Waals surface area (Å²) in [7, 11) is -3.41. The minimum Gasteiger partial charge on any atom is -0.481 e. The highest BCUT2D eigenvalue weighted by Crippen LogP contribution is 2.43. The lowest BCUT2D eigenvalue weighted by molar-refractivity contribution is -0.136. The molecule has 1 saturated heterocycles. The van der Waals surface area contributed by atoms with Crippen LogP contribution in [0.5, 0.6) is 0 Å². The number of rotatable bonds is 11. The van der Waals surface area contributed by atoms with Crippen molar-refractivity contribution in [1.29, 1.82) is 0 Å². The molecule has 0 radical (unpaired) electrons. The number of hydrogen-bond donors (Lipinski definition) is 1. The van der Waals surface area contributed by atoms with Crippen LogP contribution in [0.4, 0.5) is 0 Å². The van der Waals surface area contributed by atoms with Gasteiger partial charge in [-0.15, -0.1) is 0 Å². The van der Waals surface area contributed by atoms with Gasteiger partial charge in [-0.25, -0.2) is 8.42 Å². The standard InChI is InChI=1S/C29H31NO5S/c31-28(32)13-7-2-1-6-12-26-27(21-36(33,34)29(26)25-11-8-18-30-19-25)35-20-22-14-16-24(17-15-22)23-9-4-3-5-10-23/h1-5,8-11,14-19,26-27,29H,6-7,12-13,20-21H2,(H,31,32)/b2-1-/t26-,27+,29+/m0/s1. The van der Waals surface area contributed by atoms with Crippen LogP contribution in [-0.4, -0.2) is 36.3 Å². The molecule has 1 N–H and O–H groups in total. The Kier molecular flexibility index (Phi) is 8.67. The van der Waals surface area contributed by atoms with Crippen LogP contribution in [-0.2, 0) is 26.0 Å². The molecule has 36 heavy (non-hydrogen) atoms. The van der Waals surface area contributed by atoms with E-state index < -0.39 is 27.2 Å². The number of carboxylic acid groups (broad SMARTS) is 1. The first-order valence-corrected chi connectivity index (χ1v) is 13.9. The molecule has 3 atom stereocenters. The van der Waals surface area contributed by atoms with Crippen molar-refractivity contribution in [1.82, 2.24) is 4.98 Å². The van der Waals surface area contributed by atoms with E-state index in [4.69, 9.17) is 9.84 Å². The van der Waals surface area contributed by atoms with Crippen molar-refractivity contribution in [3.05, 3.63) is 102 Å². The smallest absolute Gasteiger partial charge is 0.303 e. The first-order valence-electron chi connectivity index (χ1n) is 12.2. The van der Waals surface area contributed by atoms with Gasteiger partial charge in [0.1, 0.15) is 0 Å². The third-order valence-electron chi connectivity index (χ3n) is 6.55. The van der Waals surface area contributed by atoms with Crippen LogP contribution < -0.4 is 0 Å². The predicted molar refractivity (Wildman–Crippen MR) is 140 cm³/mol. The topological polar surface area (TPSA) is 93.6 Å². The zero-order chi connectivity index (χ0) is 25.4. The Hall–Kier alpha value is -3.29. The molecule has 0 saturated carbocycles. The van der Waals surface area contributed by atoms with Crippen molar-refractivity contribution in [2.45, 2.75) is 43.6 Å². The number of nitrogens with zero attached hydrogens (tertiary/aromatic N) is 1. The normalized spacial score (nSPS) is 21.1. The fourth-order valence-corrected chi connectivity index (χ4v) is 7.19. The molecule has 2 aromatic carbocycles. The van der Waals surface area contributed by atoms with E-state index in [-0.39, 0.29) is 18.1 Å². The number of ether oxygens (including phenoxy) is 1. The quantitative estimate of drug-likeness (QED) is 0.340. The number of pyridine rings is 1. The van der Waals surface area contributed by atoms with Crippen molar-refractivity contribution in [3.63, 3.8) is 0 Å². The molecule has 1 aliphatic rings. The first-order chi connectivity index (χ1) is 17.4. The highest BCUT2D eigenvalue weighted by Gasteiger charge is 2.48. The SMILES string of the molecule is O=C(O)CC/C=C\CC[C@@H]1[C@@H](c2cccnc2)S(=O)(=O)C[C@H]1OCc1ccc(-c2ccccc2)cc1. The summed E-state index contributed by atoms with van der Waals surface area (Å²) in [6, 6.07) is 21.8. The van der Waals surface area contributed by atoms with Crippen molar-refractivity contribution in [3.8, 4) is 11.1 Å². The van der Waals surface area contributed by atoms with E-state index in [0.29, 0.717) is 31.4 Å². The van der Waals surface area contributed by atoms with Gasteiger partial charge in [0, 0.05) is 24.7 Å². The fraction of sp³-hybridized carbons (Fsp3) is 0.310. The molecule has 1 aromatic heterocycles. The fourth-order valence-electron chi connectivity index (χ4n) is 4.78. The zero-order valence-electron chi connectivity index (χ0n) is 20.1. The summed E-state index contributed by atoms with van der Waals surface area (Å²) in [5.74, 6) is -1.07. The molecule has 188 valence electrons. The molecule has 1 fully saturated rings. The van der Waals surface area contributed by atoms with E-state index in [0.717, 1.165) is 16.7 Å². The summed E-state index contributed by atoms with van der Waals surface area (Å²) >= 11 is 0. The van der Waals surface area contributed by atoms with Crippen molar-refractivity contribution in [2.75, 3.05) is 5.75 Å². The minimum absolute atomic E-state index is 0.0257. The summed E-state index contributed by atoms with van der Waals surface area (Å²) in [6.07, 6.45) is 8.45. The van der Waals surface area contributed by atoms with E-state index in [1.54, 1.807) is 18.5 Å². The van der Waals surface area contributed by atoms with Gasteiger partial charge >= 0.3 is 5.97 Å². The number of sulfone groups is 1. The van der Waals surface area contributed by atoms with Gasteiger partial charge in [-0.05, 0) is 47.6 Å². The number of carbonyl (C=O) groups is 1. The van der Waals surface area contributed by atoms with Crippen LogP contribution in [0.25, 0.3) is 11.1 Å². The molecule has 2 heterocycles. The van der Waals surface area contributed by atoms with Gasteiger partial charge in [-0.3, -0.25) is 9.78 Å². The van der Waals surface area contributed by atoms with Gasteiger partial charge in [0.15, 0.2) is 9.84 Å². The lowest BCUT2D eigenvalue weighted by Gasteiger charge is -2.23. The van der Waals surface area contributed by atoms with E-state index in [9.17, 15) is 13.2 Å². The Morgan fingerprint density at radius 1 is 0.972 bits per heavy atom. The summed E-state index contributed by atoms with van der Waals surface area (Å²) in [4.78, 5) is 14.9. The average Bonchev–Trinajstić information content (AvgIpc) is 3.15. The molecule has 0 amide bonds. The van der Waals surface area contributed by atoms with Gasteiger partial charge in [-0.1, -0.05) is 72.8 Å². The maximum absolute atomic E-state index is 13.2. The van der Waals surface area contributed by atoms with Gasteiger partial charge < -0.3 is 9.84 Å². The summed E-state index contributed by atoms with van der Waals surface area (Å²) < 4.78 is 32.7. The van der Waals surface area contributed by atoms with Crippen LogP contribution in [0, 0.1) is 5.92 Å². The third kappa shape index (κ3) is 6.68. The molecule has 0 aliphatic carbocycles. The lowest BCUT2D eigenvalue weighted by atomic mass is 9.90. The van der Waals surface area contributed by atoms with Gasteiger partial charge in [-0.2, -0.15) is 0 Å². The number of hydrogen-bond acceptors (Lipinski definition) is 5. The highest BCUT2D eigenvalue weighted by molar-refractivity contribution is 7.92. The summed E-state index contributed by atoms with van der Waals surface area (Å²) in [5.41, 5.74) is 3.94. The summed E-state index contributed by atoms with van der Waals surface area (Å²) in [5, 5.41) is 8.14. The Bertz CT molecular complexity index is 1260. The van der Waals surface area contributed by atoms with E-state index in [1.807, 2.05) is 48.6 Å². The second-order valence-corrected chi connectivity index (χ2v) is 11.3. The largest absolute Gasteiger partial charge is 0.481 e. The molecule has 3 aromatic rings. The van der Waals surface area contributed by atoms with Crippen LogP contribution >= 0.6 is 0 Å². The lowest BCUT2D eigenvalue weighted by Crippen LogP contribution is -2.23. The van der Waals surface area contributed by atoms with Crippen molar-refractivity contribution < 1.29 is 23.1 Å². The number of benzene rings is 2. The van der Waals surface area contributed by atoms with E-state index >= 15 is 0 Å². The number of allylic oxidation sites excluding steroid dienone is 2. The van der Waals surface area contributed by atoms with Crippen LogP contribution in [0.3, 0.4) is 0 Å². The minimum atomic E-state index is -3.41. The number of aliphatic carboxylic acids is 1. The zero-order valence-corrected chi connectivity index (χ0v) is 20.9. The van der Waals surface area contributed by atoms with Crippen LogP contribution in [0.1, 0.15) is 42.1 Å². The summed E-state index contributed by atoms with van der Waals surface area (Å²) in [6.45, 7) is 0.333. The van der Waals surface area contributed by atoms with Crippen LogP contribution in [0.2, 0.25) is 0 Å². The van der Waals surface area contributed by atoms with Crippen molar-refractivity contribution >= 4 is 15.8 Å². The molecule has 1 aliphatic heterocycles. The Morgan fingerprint density at radius 2 is 1.69 bits per heavy atom. The molecule has 7 heteroatoms. The molecule has 0 bridgehead atoms. The average molecular weight is 506 g/mol. The van der Waals surface area contributed by atoms with E-state index in [1.165, 1.54) is 0 Å². The maximum atomic E-state index is 13.2. The Labute approximate surface area is 212 Å². The second-order valence-electron chi connectivity index (χ2n) is 9.09. The maximum Gasteiger partial charge on any atom is 0.303 e. The number of aromatic nitrogens is 1. The molecular weight excluding hydrogens is 474 g/mol. The monoisotopic (exact) mass is 505 g/mol. The second kappa shape index (κ2) is 12.1. The molecular formula is C29H31NO5S. The molecule has 0 spiro atoms. The Balaban J connectivity index is 1.46. The van der Waals surface area contributed by atoms with Gasteiger partial charge in [0.05, 0.1) is 23.7 Å². The predicted octanol–water partition coefficient (Wildman–Crippen LogP) is 5.62. The Morgan fingerprint density at radius 3 is 2.39 bits per heavy atom.